The minimum absolute atomic E-state index is 0.00168. The van der Waals surface area contributed by atoms with E-state index in [1.165, 1.54) is 0 Å². The largest absolute Gasteiger partial charge is 0.416 e. The second-order valence-corrected chi connectivity index (χ2v) is 11.6. The molecule has 0 bridgehead atoms. The third kappa shape index (κ3) is 5.24. The molecule has 2 aliphatic carbocycles. The molecule has 3 fully saturated rings. The number of alkyl halides is 4. The summed E-state index contributed by atoms with van der Waals surface area (Å²) in [6.45, 7) is 9.11. The predicted octanol–water partition coefficient (Wildman–Crippen LogP) is 5.45. The molecule has 0 spiro atoms. The first-order chi connectivity index (χ1) is 17.5. The maximum absolute atomic E-state index is 14.6. The number of hydrogen-bond acceptors (Lipinski definition) is 3. The maximum atomic E-state index is 14.6. The van der Waals surface area contributed by atoms with E-state index in [1.807, 2.05) is 17.1 Å². The average Bonchev–Trinajstić information content (AvgIpc) is 3.67. The third-order valence-electron chi connectivity index (χ3n) is 9.24. The number of amides is 1. The van der Waals surface area contributed by atoms with E-state index in [9.17, 15) is 22.4 Å². The SMILES string of the molecule is C[C@H]1CN(C2(C)CCN(C(=O)C3(C4C=CC=CC4F)CC3)CC2)CCN1Cc1ccc(C(F)(F)F)cc1. The van der Waals surface area contributed by atoms with Gasteiger partial charge in [0.05, 0.1) is 11.0 Å². The van der Waals surface area contributed by atoms with Crippen LogP contribution in [0.5, 0.6) is 0 Å². The zero-order valence-electron chi connectivity index (χ0n) is 21.7. The molecule has 5 rings (SSSR count). The van der Waals surface area contributed by atoms with Crippen molar-refractivity contribution in [3.63, 3.8) is 0 Å². The van der Waals surface area contributed by atoms with E-state index in [0.29, 0.717) is 19.6 Å². The van der Waals surface area contributed by atoms with Crippen LogP contribution in [0.15, 0.2) is 48.6 Å². The van der Waals surface area contributed by atoms with Gasteiger partial charge in [0.25, 0.3) is 0 Å². The van der Waals surface area contributed by atoms with Crippen LogP contribution in [0.4, 0.5) is 17.6 Å². The van der Waals surface area contributed by atoms with Crippen LogP contribution < -0.4 is 0 Å². The number of hydrogen-bond donors (Lipinski definition) is 0. The molecule has 2 unspecified atom stereocenters. The number of halogens is 4. The lowest BCUT2D eigenvalue weighted by Crippen LogP contribution is -2.62. The zero-order valence-corrected chi connectivity index (χ0v) is 21.7. The summed E-state index contributed by atoms with van der Waals surface area (Å²) in [5.74, 6) is -0.228. The highest BCUT2D eigenvalue weighted by molar-refractivity contribution is 5.86. The molecular weight excluding hydrogens is 482 g/mol. The number of carbonyl (C=O) groups excluding carboxylic acids is 1. The fourth-order valence-electron chi connectivity index (χ4n) is 6.47. The summed E-state index contributed by atoms with van der Waals surface area (Å²) in [4.78, 5) is 20.3. The second-order valence-electron chi connectivity index (χ2n) is 11.6. The minimum Gasteiger partial charge on any atom is -0.342 e. The van der Waals surface area contributed by atoms with Crippen LogP contribution in [-0.2, 0) is 17.5 Å². The first-order valence-electron chi connectivity index (χ1n) is 13.5. The Hall–Kier alpha value is -2.19. The highest BCUT2D eigenvalue weighted by atomic mass is 19.4. The molecule has 4 nitrogen and oxygen atoms in total. The molecule has 8 heteroatoms. The molecule has 202 valence electrons. The molecule has 1 aromatic carbocycles. The number of nitrogens with zero attached hydrogens (tertiary/aromatic N) is 3. The normalized spacial score (nSPS) is 29.9. The van der Waals surface area contributed by atoms with Crippen molar-refractivity contribution in [2.75, 3.05) is 32.7 Å². The lowest BCUT2D eigenvalue weighted by molar-refractivity contribution is -0.142. The van der Waals surface area contributed by atoms with Crippen molar-refractivity contribution in [1.29, 1.82) is 0 Å². The van der Waals surface area contributed by atoms with Gasteiger partial charge in [-0.15, -0.1) is 0 Å². The van der Waals surface area contributed by atoms with E-state index in [-0.39, 0.29) is 23.4 Å². The van der Waals surface area contributed by atoms with Crippen LogP contribution >= 0.6 is 0 Å². The van der Waals surface area contributed by atoms with Crippen molar-refractivity contribution < 1.29 is 22.4 Å². The van der Waals surface area contributed by atoms with Gasteiger partial charge in [0.2, 0.25) is 5.91 Å². The molecule has 37 heavy (non-hydrogen) atoms. The number of allylic oxidation sites excluding steroid dienone is 4. The zero-order chi connectivity index (χ0) is 26.4. The van der Waals surface area contributed by atoms with E-state index in [0.717, 1.165) is 63.0 Å². The van der Waals surface area contributed by atoms with Gasteiger partial charge in [-0.2, -0.15) is 13.2 Å². The number of likely N-dealkylation sites (tertiary alicyclic amines) is 1. The summed E-state index contributed by atoms with van der Waals surface area (Å²) in [5.41, 5.74) is -0.291. The molecule has 2 aliphatic heterocycles. The highest BCUT2D eigenvalue weighted by Gasteiger charge is 2.58. The first kappa shape index (κ1) is 26.4. The van der Waals surface area contributed by atoms with E-state index < -0.39 is 23.3 Å². The molecule has 0 radical (unpaired) electrons. The number of rotatable bonds is 5. The molecule has 1 aromatic rings. The highest BCUT2D eigenvalue weighted by Crippen LogP contribution is 2.56. The molecule has 1 amide bonds. The van der Waals surface area contributed by atoms with Gasteiger partial charge >= 0.3 is 6.18 Å². The van der Waals surface area contributed by atoms with Gasteiger partial charge in [-0.05, 0) is 57.2 Å². The van der Waals surface area contributed by atoms with Crippen LogP contribution in [0.3, 0.4) is 0 Å². The van der Waals surface area contributed by atoms with Crippen molar-refractivity contribution in [3.05, 3.63) is 59.7 Å². The molecule has 1 saturated carbocycles. The fraction of sp³-hybridized carbons (Fsp3) is 0.621. The first-order valence-corrected chi connectivity index (χ1v) is 13.5. The molecule has 2 saturated heterocycles. The van der Waals surface area contributed by atoms with Gasteiger partial charge in [0.15, 0.2) is 0 Å². The van der Waals surface area contributed by atoms with Crippen molar-refractivity contribution >= 4 is 5.91 Å². The molecular formula is C29H37F4N3O. The summed E-state index contributed by atoms with van der Waals surface area (Å²) in [7, 11) is 0. The van der Waals surface area contributed by atoms with Crippen LogP contribution in [0.1, 0.15) is 50.7 Å². The van der Waals surface area contributed by atoms with Gasteiger partial charge in [-0.1, -0.05) is 36.4 Å². The van der Waals surface area contributed by atoms with Crippen molar-refractivity contribution in [3.8, 4) is 0 Å². The Morgan fingerprint density at radius 3 is 2.19 bits per heavy atom. The molecule has 2 heterocycles. The van der Waals surface area contributed by atoms with Crippen LogP contribution in [0, 0.1) is 11.3 Å². The molecule has 0 aromatic heterocycles. The average molecular weight is 520 g/mol. The van der Waals surface area contributed by atoms with E-state index in [1.54, 1.807) is 24.3 Å². The lowest BCUT2D eigenvalue weighted by atomic mass is 9.80. The Kier molecular flexibility index (Phi) is 7.03. The van der Waals surface area contributed by atoms with E-state index in [2.05, 4.69) is 23.6 Å². The van der Waals surface area contributed by atoms with Gasteiger partial charge in [-0.25, -0.2) is 4.39 Å². The van der Waals surface area contributed by atoms with Crippen molar-refractivity contribution in [1.82, 2.24) is 14.7 Å². The molecule has 4 aliphatic rings. The van der Waals surface area contributed by atoms with Crippen LogP contribution in [-0.4, -0.2) is 71.1 Å². The lowest BCUT2D eigenvalue weighted by Gasteiger charge is -2.52. The summed E-state index contributed by atoms with van der Waals surface area (Å²) in [6.07, 6.45) is 4.91. The topological polar surface area (TPSA) is 26.8 Å². The van der Waals surface area contributed by atoms with Gasteiger partial charge in [0, 0.05) is 56.8 Å². The Bertz CT molecular complexity index is 1040. The van der Waals surface area contributed by atoms with Crippen LogP contribution in [0.25, 0.3) is 0 Å². The summed E-state index contributed by atoms with van der Waals surface area (Å²) < 4.78 is 53.2. The van der Waals surface area contributed by atoms with Crippen LogP contribution in [0.2, 0.25) is 0 Å². The third-order valence-corrected chi connectivity index (χ3v) is 9.24. The summed E-state index contributed by atoms with van der Waals surface area (Å²) in [5, 5.41) is 0. The summed E-state index contributed by atoms with van der Waals surface area (Å²) in [6, 6.07) is 5.75. The van der Waals surface area contributed by atoms with Gasteiger partial charge in [-0.3, -0.25) is 14.6 Å². The standard InChI is InChI=1S/C29H37F4N3O/c1-21-19-36(18-17-35(21)20-22-7-9-23(10-8-22)29(31,32)33)27(2)13-15-34(16-14-27)26(37)28(11-12-28)24-5-3-4-6-25(24)30/h3-10,21,24-25H,11-20H2,1-2H3/t21-,24?,25?/m0/s1. The monoisotopic (exact) mass is 519 g/mol. The van der Waals surface area contributed by atoms with Crippen molar-refractivity contribution in [2.45, 2.75) is 70.0 Å². The Morgan fingerprint density at radius 2 is 1.62 bits per heavy atom. The van der Waals surface area contributed by atoms with Gasteiger partial charge < -0.3 is 4.90 Å². The summed E-state index contributed by atoms with van der Waals surface area (Å²) >= 11 is 0. The smallest absolute Gasteiger partial charge is 0.342 e. The number of carbonyl (C=O) groups is 1. The Balaban J connectivity index is 1.14. The molecule has 0 N–H and O–H groups in total. The van der Waals surface area contributed by atoms with E-state index in [4.69, 9.17) is 0 Å². The molecule has 3 atom stereocenters. The number of piperazine rings is 1. The second kappa shape index (κ2) is 9.84. The number of benzene rings is 1. The van der Waals surface area contributed by atoms with Gasteiger partial charge in [0.1, 0.15) is 6.17 Å². The maximum Gasteiger partial charge on any atom is 0.416 e. The minimum atomic E-state index is -4.31. The van der Waals surface area contributed by atoms with Crippen molar-refractivity contribution in [2.24, 2.45) is 11.3 Å². The quantitative estimate of drug-likeness (QED) is 0.484. The Morgan fingerprint density at radius 1 is 0.973 bits per heavy atom. The Labute approximate surface area is 217 Å². The van der Waals surface area contributed by atoms with E-state index >= 15 is 0 Å². The fourth-order valence-corrected chi connectivity index (χ4v) is 6.47. The predicted molar refractivity (Wildman–Crippen MR) is 135 cm³/mol. The number of piperidine rings is 1.